The summed E-state index contributed by atoms with van der Waals surface area (Å²) in [7, 11) is 0. The van der Waals surface area contributed by atoms with Crippen LogP contribution >= 0.6 is 0 Å². The van der Waals surface area contributed by atoms with E-state index < -0.39 is 0 Å². The van der Waals surface area contributed by atoms with Crippen molar-refractivity contribution in [3.63, 3.8) is 0 Å². The van der Waals surface area contributed by atoms with Gasteiger partial charge in [0, 0.05) is 0 Å². The van der Waals surface area contributed by atoms with Crippen molar-refractivity contribution in [3.05, 3.63) is 30.0 Å². The summed E-state index contributed by atoms with van der Waals surface area (Å²) >= 11 is 0.702. The summed E-state index contributed by atoms with van der Waals surface area (Å²) < 4.78 is 0. The molecule has 0 saturated carbocycles. The van der Waals surface area contributed by atoms with Gasteiger partial charge in [-0.05, 0) is 0 Å². The third-order valence-electron chi connectivity index (χ3n) is 2.34. The van der Waals surface area contributed by atoms with Gasteiger partial charge in [-0.15, -0.1) is 0 Å². The van der Waals surface area contributed by atoms with Crippen LogP contribution in [0, 0.1) is 0 Å². The number of fused-ring (bicyclic) bond motifs is 1. The second kappa shape index (κ2) is 4.07. The van der Waals surface area contributed by atoms with E-state index in [9.17, 15) is 5.11 Å². The molecule has 0 bridgehead atoms. The van der Waals surface area contributed by atoms with Crippen LogP contribution < -0.4 is 0 Å². The maximum atomic E-state index is 9.73. The summed E-state index contributed by atoms with van der Waals surface area (Å²) in [6, 6.07) is 5.61. The molecular weight excluding hydrogens is 241 g/mol. The molecule has 0 spiro atoms. The normalized spacial score (nSPS) is 10.9. The number of aromatic nitrogens is 1. The molecule has 0 unspecified atom stereocenters. The van der Waals surface area contributed by atoms with Crippen molar-refractivity contribution < 1.29 is 5.11 Å². The first-order valence-electron chi connectivity index (χ1n) is 4.60. The number of nitrogens with one attached hydrogen (secondary N) is 1. The fourth-order valence-electron chi connectivity index (χ4n) is 1.64. The topological polar surface area (TPSA) is 36.0 Å². The number of hydrogen-bond donors (Lipinski definition) is 2. The van der Waals surface area contributed by atoms with Gasteiger partial charge >= 0.3 is 89.2 Å². The minimum absolute atomic E-state index is 0.391. The molecule has 0 amide bonds. The molecule has 2 N–H and O–H groups in total. The Bertz CT molecular complexity index is 436. The number of hydrogen-bond acceptors (Lipinski definition) is 1. The fourth-order valence-corrected chi connectivity index (χ4v) is 2.53. The van der Waals surface area contributed by atoms with E-state index in [0.29, 0.717) is 20.7 Å². The Labute approximate surface area is 89.5 Å². The van der Waals surface area contributed by atoms with Gasteiger partial charge in [0.1, 0.15) is 0 Å². The third-order valence-corrected chi connectivity index (χ3v) is 3.63. The quantitative estimate of drug-likeness (QED) is 0.811. The van der Waals surface area contributed by atoms with Gasteiger partial charge in [-0.1, -0.05) is 0 Å². The Kier molecular flexibility index (Phi) is 2.80. The van der Waals surface area contributed by atoms with Crippen LogP contribution in [0.25, 0.3) is 10.9 Å². The Hall–Kier alpha value is -0.921. The number of rotatable bonds is 3. The zero-order chi connectivity index (χ0) is 9.97. The van der Waals surface area contributed by atoms with Crippen LogP contribution in [0.1, 0.15) is 5.56 Å². The number of aromatic amines is 1. The van der Waals surface area contributed by atoms with Crippen LogP contribution in [0.15, 0.2) is 24.4 Å². The molecule has 0 saturated heterocycles. The molecule has 0 aliphatic rings. The Morgan fingerprint density at radius 3 is 3.07 bits per heavy atom. The molecule has 74 valence electrons. The predicted octanol–water partition coefficient (Wildman–Crippen LogP) is 2.59. The van der Waals surface area contributed by atoms with E-state index in [1.165, 1.54) is 10.9 Å². The molecule has 1 aromatic carbocycles. The van der Waals surface area contributed by atoms with E-state index in [1.54, 1.807) is 6.07 Å². The number of phenolic OH excluding ortho intramolecular Hbond substituents is 1. The third kappa shape index (κ3) is 1.65. The molecule has 0 radical (unpaired) electrons. The summed E-state index contributed by atoms with van der Waals surface area (Å²) in [5.74, 6) is 2.63. The van der Waals surface area contributed by atoms with Gasteiger partial charge in [0.05, 0.1) is 0 Å². The van der Waals surface area contributed by atoms with Crippen LogP contribution in [0.3, 0.4) is 0 Å². The molecular formula is C11H13NOSe. The second-order valence-corrected chi connectivity index (χ2v) is 5.32. The number of aryl methyl sites for hydroxylation is 1. The first kappa shape index (κ1) is 9.63. The summed E-state index contributed by atoms with van der Waals surface area (Å²) in [5.41, 5.74) is 2.27. The van der Waals surface area contributed by atoms with Gasteiger partial charge in [-0.25, -0.2) is 0 Å². The van der Waals surface area contributed by atoms with Crippen molar-refractivity contribution in [1.82, 2.24) is 4.98 Å². The minimum atomic E-state index is 0.391. The van der Waals surface area contributed by atoms with Crippen molar-refractivity contribution in [2.24, 2.45) is 0 Å². The molecule has 0 aliphatic carbocycles. The number of benzene rings is 1. The van der Waals surface area contributed by atoms with Gasteiger partial charge in [-0.2, -0.15) is 0 Å². The summed E-state index contributed by atoms with van der Waals surface area (Å²) in [6.45, 7) is 0. The monoisotopic (exact) mass is 255 g/mol. The molecule has 2 nitrogen and oxygen atoms in total. The van der Waals surface area contributed by atoms with Crippen molar-refractivity contribution in [2.75, 3.05) is 0 Å². The molecule has 1 heterocycles. The first-order chi connectivity index (χ1) is 6.83. The SMILES string of the molecule is C[Se]CCc1c[nH]c2cccc(O)c12. The van der Waals surface area contributed by atoms with E-state index in [0.717, 1.165) is 17.3 Å². The van der Waals surface area contributed by atoms with Crippen LogP contribution in [-0.4, -0.2) is 25.0 Å². The average Bonchev–Trinajstić information content (AvgIpc) is 2.59. The Morgan fingerprint density at radius 1 is 1.43 bits per heavy atom. The van der Waals surface area contributed by atoms with Crippen LogP contribution in [0.4, 0.5) is 0 Å². The first-order valence-corrected chi connectivity index (χ1v) is 7.52. The van der Waals surface area contributed by atoms with Crippen molar-refractivity contribution in [3.8, 4) is 5.75 Å². The number of phenols is 1. The second-order valence-electron chi connectivity index (χ2n) is 3.26. The average molecular weight is 254 g/mol. The standard InChI is InChI=1S/C11H13NOSe/c1-14-6-5-8-7-12-9-3-2-4-10(13)11(8)9/h2-4,7,12-13H,5-6H2,1H3. The van der Waals surface area contributed by atoms with Crippen LogP contribution in [0.2, 0.25) is 11.1 Å². The molecule has 2 aromatic rings. The summed E-state index contributed by atoms with van der Waals surface area (Å²) in [6.07, 6.45) is 3.07. The Morgan fingerprint density at radius 2 is 2.29 bits per heavy atom. The predicted molar refractivity (Wildman–Crippen MR) is 60.1 cm³/mol. The van der Waals surface area contributed by atoms with Gasteiger partial charge in [-0.3, -0.25) is 0 Å². The number of aromatic hydroxyl groups is 1. The fraction of sp³-hybridized carbons (Fsp3) is 0.273. The summed E-state index contributed by atoms with van der Waals surface area (Å²) in [5, 5.41) is 12.0. The van der Waals surface area contributed by atoms with E-state index in [4.69, 9.17) is 0 Å². The van der Waals surface area contributed by atoms with E-state index >= 15 is 0 Å². The molecule has 3 heteroatoms. The van der Waals surface area contributed by atoms with Gasteiger partial charge in [0.25, 0.3) is 0 Å². The molecule has 1 aromatic heterocycles. The molecule has 0 atom stereocenters. The van der Waals surface area contributed by atoms with Crippen molar-refractivity contribution in [2.45, 2.75) is 17.6 Å². The zero-order valence-corrected chi connectivity index (χ0v) is 9.79. The van der Waals surface area contributed by atoms with Gasteiger partial charge in [0.15, 0.2) is 0 Å². The van der Waals surface area contributed by atoms with E-state index in [-0.39, 0.29) is 0 Å². The van der Waals surface area contributed by atoms with E-state index in [1.807, 2.05) is 18.3 Å². The van der Waals surface area contributed by atoms with Crippen LogP contribution in [0.5, 0.6) is 5.75 Å². The van der Waals surface area contributed by atoms with Crippen LogP contribution in [-0.2, 0) is 6.42 Å². The summed E-state index contributed by atoms with van der Waals surface area (Å²) in [4.78, 5) is 3.18. The van der Waals surface area contributed by atoms with E-state index in [2.05, 4.69) is 10.8 Å². The van der Waals surface area contributed by atoms with Gasteiger partial charge in [0.2, 0.25) is 0 Å². The maximum absolute atomic E-state index is 9.73. The van der Waals surface area contributed by atoms with Crippen molar-refractivity contribution in [1.29, 1.82) is 0 Å². The zero-order valence-electron chi connectivity index (χ0n) is 8.08. The molecule has 0 fully saturated rings. The molecule has 14 heavy (non-hydrogen) atoms. The number of H-pyrrole nitrogens is 1. The van der Waals surface area contributed by atoms with Gasteiger partial charge < -0.3 is 0 Å². The van der Waals surface area contributed by atoms with Crippen molar-refractivity contribution >= 4 is 25.9 Å². The Balaban J connectivity index is 2.45. The molecule has 2 rings (SSSR count). The molecule has 0 aliphatic heterocycles.